The lowest BCUT2D eigenvalue weighted by atomic mass is 9.70. The summed E-state index contributed by atoms with van der Waals surface area (Å²) in [7, 11) is 0. The number of hydrogen-bond donors (Lipinski definition) is 0. The topological polar surface area (TPSA) is 0 Å². The molecule has 0 bridgehead atoms. The van der Waals surface area contributed by atoms with E-state index in [1.54, 1.807) is 0 Å². The Labute approximate surface area is 261 Å². The Morgan fingerprint density at radius 1 is 0.311 bits per heavy atom. The first-order chi connectivity index (χ1) is 22.4. The van der Waals surface area contributed by atoms with Crippen LogP contribution >= 0.6 is 0 Å². The van der Waals surface area contributed by atoms with Crippen molar-refractivity contribution in [1.82, 2.24) is 0 Å². The molecule has 0 fully saturated rings. The van der Waals surface area contributed by atoms with E-state index in [2.05, 4.69) is 158 Å². The van der Waals surface area contributed by atoms with Crippen molar-refractivity contribution in [2.45, 2.75) is 5.41 Å². The number of rotatable bonds is 1. The highest BCUT2D eigenvalue weighted by atomic mass is 14.5. The van der Waals surface area contributed by atoms with E-state index < -0.39 is 0 Å². The summed E-state index contributed by atoms with van der Waals surface area (Å²) in [5.74, 6) is 0. The Morgan fingerprint density at radius 3 is 1.64 bits per heavy atom. The van der Waals surface area contributed by atoms with Crippen LogP contribution in [-0.4, -0.2) is 0 Å². The minimum absolute atomic E-state index is 0.359. The highest BCUT2D eigenvalue weighted by Gasteiger charge is 2.52. The molecular weight excluding hydrogens is 540 g/mol. The summed E-state index contributed by atoms with van der Waals surface area (Å²) in [6.07, 6.45) is 0. The molecule has 1 spiro atoms. The fraction of sp³-hybridized carbons (Fsp3) is 0.0222. The summed E-state index contributed by atoms with van der Waals surface area (Å²) in [5, 5.41) is 5.32. The van der Waals surface area contributed by atoms with Crippen LogP contribution in [0.1, 0.15) is 22.3 Å². The molecule has 0 aliphatic heterocycles. The molecule has 3 aliphatic rings. The summed E-state index contributed by atoms with van der Waals surface area (Å²) in [4.78, 5) is 0. The summed E-state index contributed by atoms with van der Waals surface area (Å²) < 4.78 is 0. The molecule has 0 unspecified atom stereocenters. The molecule has 0 N–H and O–H groups in total. The second kappa shape index (κ2) is 8.25. The van der Waals surface area contributed by atoms with Crippen LogP contribution in [0.5, 0.6) is 0 Å². The summed E-state index contributed by atoms with van der Waals surface area (Å²) in [6.45, 7) is 0. The lowest BCUT2D eigenvalue weighted by molar-refractivity contribution is 0.795. The molecule has 0 aromatic heterocycles. The van der Waals surface area contributed by atoms with E-state index in [1.165, 1.54) is 99.4 Å². The number of benzene rings is 8. The third-order valence-corrected chi connectivity index (χ3v) is 10.8. The molecule has 0 saturated heterocycles. The molecule has 8 aromatic carbocycles. The van der Waals surface area contributed by atoms with E-state index in [0.717, 1.165) is 0 Å². The van der Waals surface area contributed by atoms with Gasteiger partial charge in [-0.2, -0.15) is 0 Å². The van der Waals surface area contributed by atoms with Gasteiger partial charge in [0.25, 0.3) is 0 Å². The maximum Gasteiger partial charge on any atom is 0.0725 e. The third-order valence-electron chi connectivity index (χ3n) is 10.8. The Balaban J connectivity index is 1.34. The summed E-state index contributed by atoms with van der Waals surface area (Å²) in [5.41, 5.74) is 18.6. The van der Waals surface area contributed by atoms with E-state index in [-0.39, 0.29) is 5.41 Å². The highest BCUT2D eigenvalue weighted by Crippen LogP contribution is 2.66. The van der Waals surface area contributed by atoms with Gasteiger partial charge in [0, 0.05) is 0 Å². The van der Waals surface area contributed by atoms with Crippen LogP contribution in [-0.2, 0) is 5.41 Å². The fourth-order valence-corrected chi connectivity index (χ4v) is 9.22. The fourth-order valence-electron chi connectivity index (χ4n) is 9.22. The van der Waals surface area contributed by atoms with Gasteiger partial charge in [-0.15, -0.1) is 0 Å². The van der Waals surface area contributed by atoms with Crippen LogP contribution in [0.3, 0.4) is 0 Å². The molecule has 45 heavy (non-hydrogen) atoms. The van der Waals surface area contributed by atoms with Crippen molar-refractivity contribution in [2.75, 3.05) is 0 Å². The predicted octanol–water partition coefficient (Wildman–Crippen LogP) is 11.7. The van der Waals surface area contributed by atoms with Crippen molar-refractivity contribution >= 4 is 21.5 Å². The van der Waals surface area contributed by atoms with Crippen LogP contribution in [0.25, 0.3) is 77.2 Å². The van der Waals surface area contributed by atoms with E-state index in [9.17, 15) is 0 Å². The molecule has 11 rings (SSSR count). The first-order valence-electron chi connectivity index (χ1n) is 15.9. The van der Waals surface area contributed by atoms with Crippen LogP contribution in [0.4, 0.5) is 0 Å². The van der Waals surface area contributed by atoms with Gasteiger partial charge in [-0.3, -0.25) is 0 Å². The van der Waals surface area contributed by atoms with E-state index in [4.69, 9.17) is 0 Å². The lowest BCUT2D eigenvalue weighted by Crippen LogP contribution is -2.25. The van der Waals surface area contributed by atoms with Crippen molar-refractivity contribution in [3.8, 4) is 55.6 Å². The standard InChI is InChI=1S/C45H26/c1-2-13-27(14-3-1)41-29-16-5-4-15-28(29)25-35-36-26-40-43(33-20-12-21-34(42(33)36)44(35)41)32-19-8-11-24-39(32)45(40)37-22-9-6-17-30(37)31-18-7-10-23-38(31)45/h1-26H. The van der Waals surface area contributed by atoms with Gasteiger partial charge >= 0.3 is 0 Å². The summed E-state index contributed by atoms with van der Waals surface area (Å²) in [6, 6.07) is 59.3. The molecule has 0 heteroatoms. The zero-order valence-electron chi connectivity index (χ0n) is 24.5. The quantitative estimate of drug-likeness (QED) is 0.185. The minimum Gasteiger partial charge on any atom is -0.0622 e. The van der Waals surface area contributed by atoms with E-state index >= 15 is 0 Å². The molecular formula is C45H26. The van der Waals surface area contributed by atoms with Crippen molar-refractivity contribution in [2.24, 2.45) is 0 Å². The molecule has 206 valence electrons. The maximum atomic E-state index is 2.58. The van der Waals surface area contributed by atoms with Crippen LogP contribution < -0.4 is 0 Å². The van der Waals surface area contributed by atoms with Crippen LogP contribution in [0, 0.1) is 0 Å². The second-order valence-electron chi connectivity index (χ2n) is 12.7. The molecule has 0 saturated carbocycles. The number of hydrogen-bond acceptors (Lipinski definition) is 0. The van der Waals surface area contributed by atoms with E-state index in [1.807, 2.05) is 0 Å². The third kappa shape index (κ3) is 2.71. The molecule has 0 amide bonds. The molecule has 0 atom stereocenters. The molecule has 0 nitrogen and oxygen atoms in total. The van der Waals surface area contributed by atoms with Gasteiger partial charge in [-0.05, 0) is 112 Å². The van der Waals surface area contributed by atoms with Crippen LogP contribution in [0.2, 0.25) is 0 Å². The van der Waals surface area contributed by atoms with Gasteiger partial charge < -0.3 is 0 Å². The monoisotopic (exact) mass is 566 g/mol. The van der Waals surface area contributed by atoms with Gasteiger partial charge in [0.1, 0.15) is 0 Å². The Bertz CT molecular complexity index is 2540. The van der Waals surface area contributed by atoms with Gasteiger partial charge in [0.15, 0.2) is 0 Å². The zero-order valence-corrected chi connectivity index (χ0v) is 24.5. The highest BCUT2D eigenvalue weighted by molar-refractivity contribution is 6.25. The van der Waals surface area contributed by atoms with Gasteiger partial charge in [0.2, 0.25) is 0 Å². The predicted molar refractivity (Wildman–Crippen MR) is 188 cm³/mol. The zero-order chi connectivity index (χ0) is 29.3. The Hall–Kier alpha value is -5.72. The number of fused-ring (bicyclic) bond motifs is 15. The molecule has 0 radical (unpaired) electrons. The van der Waals surface area contributed by atoms with Crippen molar-refractivity contribution in [3.05, 3.63) is 180 Å². The average Bonchev–Trinajstić information content (AvgIpc) is 3.70. The van der Waals surface area contributed by atoms with Crippen molar-refractivity contribution in [3.63, 3.8) is 0 Å². The molecule has 8 aromatic rings. The van der Waals surface area contributed by atoms with Crippen molar-refractivity contribution < 1.29 is 0 Å². The molecule has 3 aliphatic carbocycles. The SMILES string of the molecule is c1ccc(-c2c3c(cc4ccccc24)-c2cc4c(c5cccc-3c25)-c2ccccc2C42c3ccccc3-c3ccccc32)cc1. The lowest BCUT2D eigenvalue weighted by Gasteiger charge is -2.30. The first-order valence-corrected chi connectivity index (χ1v) is 15.9. The largest absolute Gasteiger partial charge is 0.0725 e. The van der Waals surface area contributed by atoms with Crippen molar-refractivity contribution in [1.29, 1.82) is 0 Å². The molecule has 0 heterocycles. The van der Waals surface area contributed by atoms with E-state index in [0.29, 0.717) is 0 Å². The average molecular weight is 567 g/mol. The Kier molecular flexibility index (Phi) is 4.35. The van der Waals surface area contributed by atoms with Gasteiger partial charge in [-0.1, -0.05) is 146 Å². The smallest absolute Gasteiger partial charge is 0.0622 e. The first kappa shape index (κ1) is 23.7. The van der Waals surface area contributed by atoms with Crippen LogP contribution in [0.15, 0.2) is 158 Å². The maximum absolute atomic E-state index is 2.58. The second-order valence-corrected chi connectivity index (χ2v) is 12.7. The minimum atomic E-state index is -0.359. The van der Waals surface area contributed by atoms with Gasteiger partial charge in [-0.25, -0.2) is 0 Å². The normalized spacial score (nSPS) is 14.0. The van der Waals surface area contributed by atoms with Gasteiger partial charge in [0.05, 0.1) is 5.41 Å². The summed E-state index contributed by atoms with van der Waals surface area (Å²) >= 11 is 0. The Morgan fingerprint density at radius 2 is 0.889 bits per heavy atom.